The highest BCUT2D eigenvalue weighted by atomic mass is 16.1. The van der Waals surface area contributed by atoms with Crippen molar-refractivity contribution in [2.45, 2.75) is 39.3 Å². The van der Waals surface area contributed by atoms with Crippen LogP contribution in [0.4, 0.5) is 0 Å². The van der Waals surface area contributed by atoms with Crippen LogP contribution in [0.3, 0.4) is 0 Å². The third kappa shape index (κ3) is 2.16. The van der Waals surface area contributed by atoms with Crippen LogP contribution < -0.4 is 5.32 Å². The maximum absolute atomic E-state index is 12.1. The Bertz CT molecular complexity index is 372. The van der Waals surface area contributed by atoms with E-state index < -0.39 is 0 Å². The molecule has 1 N–H and O–H groups in total. The quantitative estimate of drug-likeness (QED) is 0.825. The fraction of sp³-hybridized carbons (Fsp3) is 0.667. The first-order chi connectivity index (χ1) is 7.72. The predicted octanol–water partition coefficient (Wildman–Crippen LogP) is 1.01. The third-order valence-corrected chi connectivity index (χ3v) is 3.41. The summed E-state index contributed by atoms with van der Waals surface area (Å²) in [5.41, 5.74) is 0. The third-order valence-electron chi connectivity index (χ3n) is 3.41. The second kappa shape index (κ2) is 4.78. The van der Waals surface area contributed by atoms with Crippen molar-refractivity contribution in [1.82, 2.24) is 14.9 Å². The molecule has 0 amide bonds. The zero-order chi connectivity index (χ0) is 11.5. The van der Waals surface area contributed by atoms with Gasteiger partial charge in [0.25, 0.3) is 0 Å². The maximum Gasteiger partial charge on any atom is 0.145 e. The number of imidazole rings is 1. The van der Waals surface area contributed by atoms with Crippen molar-refractivity contribution in [2.24, 2.45) is 5.92 Å². The number of nitrogens with one attached hydrogen (secondary N) is 1. The average Bonchev–Trinajstić information content (AvgIpc) is 2.86. The van der Waals surface area contributed by atoms with Gasteiger partial charge in [0.05, 0.1) is 6.42 Å². The van der Waals surface area contributed by atoms with Gasteiger partial charge in [-0.25, -0.2) is 4.98 Å². The van der Waals surface area contributed by atoms with Crippen LogP contribution in [-0.4, -0.2) is 27.9 Å². The Morgan fingerprint density at radius 1 is 1.69 bits per heavy atom. The van der Waals surface area contributed by atoms with E-state index in [1.807, 2.05) is 10.8 Å². The first-order valence-electron chi connectivity index (χ1n) is 5.98. The molecule has 2 atom stereocenters. The summed E-state index contributed by atoms with van der Waals surface area (Å²) in [5, 5.41) is 3.31. The van der Waals surface area contributed by atoms with Crippen LogP contribution in [-0.2, 0) is 17.8 Å². The van der Waals surface area contributed by atoms with Gasteiger partial charge >= 0.3 is 0 Å². The second-order valence-electron chi connectivity index (χ2n) is 4.41. The van der Waals surface area contributed by atoms with Gasteiger partial charge in [-0.1, -0.05) is 0 Å². The molecule has 1 aromatic rings. The molecule has 4 nitrogen and oxygen atoms in total. The highest BCUT2D eigenvalue weighted by Gasteiger charge is 2.29. The molecule has 16 heavy (non-hydrogen) atoms. The van der Waals surface area contributed by atoms with Gasteiger partial charge in [-0.3, -0.25) is 4.79 Å². The van der Waals surface area contributed by atoms with Crippen LogP contribution in [0.25, 0.3) is 0 Å². The predicted molar refractivity (Wildman–Crippen MR) is 62.2 cm³/mol. The Balaban J connectivity index is 2.02. The van der Waals surface area contributed by atoms with Crippen molar-refractivity contribution in [3.05, 3.63) is 18.2 Å². The monoisotopic (exact) mass is 221 g/mol. The van der Waals surface area contributed by atoms with E-state index in [2.05, 4.69) is 24.1 Å². The minimum absolute atomic E-state index is 0.169. The van der Waals surface area contributed by atoms with Gasteiger partial charge in [-0.15, -0.1) is 0 Å². The van der Waals surface area contributed by atoms with E-state index >= 15 is 0 Å². The summed E-state index contributed by atoms with van der Waals surface area (Å²) in [6, 6.07) is 0.317. The fourth-order valence-corrected chi connectivity index (χ4v) is 2.38. The van der Waals surface area contributed by atoms with E-state index in [0.29, 0.717) is 18.2 Å². The van der Waals surface area contributed by atoms with Crippen LogP contribution in [0.2, 0.25) is 0 Å². The van der Waals surface area contributed by atoms with E-state index in [1.54, 1.807) is 6.20 Å². The Labute approximate surface area is 96.1 Å². The highest BCUT2D eigenvalue weighted by Crippen LogP contribution is 2.18. The lowest BCUT2D eigenvalue weighted by Gasteiger charge is -2.13. The van der Waals surface area contributed by atoms with Crippen molar-refractivity contribution in [3.63, 3.8) is 0 Å². The summed E-state index contributed by atoms with van der Waals surface area (Å²) in [7, 11) is 0. The summed E-state index contributed by atoms with van der Waals surface area (Å²) in [6.07, 6.45) is 5.13. The molecule has 4 heteroatoms. The topological polar surface area (TPSA) is 46.9 Å². The van der Waals surface area contributed by atoms with Crippen LogP contribution in [0.15, 0.2) is 12.4 Å². The maximum atomic E-state index is 12.1. The van der Waals surface area contributed by atoms with E-state index in [4.69, 9.17) is 0 Å². The Hall–Kier alpha value is -1.16. The minimum Gasteiger partial charge on any atom is -0.335 e. The molecule has 1 aliphatic heterocycles. The lowest BCUT2D eigenvalue weighted by molar-refractivity contribution is -0.122. The SMILES string of the molecule is CCn1ccnc1CC(=O)C1CCNC1C. The molecule has 1 saturated heterocycles. The number of aromatic nitrogens is 2. The smallest absolute Gasteiger partial charge is 0.145 e. The van der Waals surface area contributed by atoms with Crippen molar-refractivity contribution in [2.75, 3.05) is 6.54 Å². The minimum atomic E-state index is 0.169. The molecular formula is C12H19N3O. The fourth-order valence-electron chi connectivity index (χ4n) is 2.38. The van der Waals surface area contributed by atoms with Crippen molar-refractivity contribution < 1.29 is 4.79 Å². The second-order valence-corrected chi connectivity index (χ2v) is 4.41. The molecule has 2 rings (SSSR count). The van der Waals surface area contributed by atoms with Gasteiger partial charge in [0.15, 0.2) is 0 Å². The molecule has 1 aliphatic rings. The van der Waals surface area contributed by atoms with Crippen LogP contribution in [0, 0.1) is 5.92 Å². The summed E-state index contributed by atoms with van der Waals surface area (Å²) in [4.78, 5) is 16.3. The number of Topliss-reactive ketones (excluding diaryl/α,β-unsaturated/α-hetero) is 1. The first-order valence-corrected chi connectivity index (χ1v) is 5.98. The lowest BCUT2D eigenvalue weighted by Crippen LogP contribution is -2.29. The summed E-state index contributed by atoms with van der Waals surface area (Å²) in [5.74, 6) is 1.38. The Morgan fingerprint density at radius 3 is 3.12 bits per heavy atom. The van der Waals surface area contributed by atoms with Gasteiger partial charge in [-0.05, 0) is 26.8 Å². The average molecular weight is 221 g/mol. The van der Waals surface area contributed by atoms with E-state index in [0.717, 1.165) is 25.3 Å². The van der Waals surface area contributed by atoms with Gasteiger partial charge in [0.2, 0.25) is 0 Å². The Morgan fingerprint density at radius 2 is 2.50 bits per heavy atom. The van der Waals surface area contributed by atoms with Gasteiger partial charge in [0, 0.05) is 30.9 Å². The summed E-state index contributed by atoms with van der Waals surface area (Å²) in [6.45, 7) is 5.98. The molecule has 88 valence electrons. The molecule has 0 aliphatic carbocycles. The molecule has 1 fully saturated rings. The zero-order valence-corrected chi connectivity index (χ0v) is 9.94. The number of hydrogen-bond acceptors (Lipinski definition) is 3. The molecule has 0 bridgehead atoms. The number of hydrogen-bond donors (Lipinski definition) is 1. The number of aryl methyl sites for hydroxylation is 1. The van der Waals surface area contributed by atoms with Gasteiger partial charge < -0.3 is 9.88 Å². The van der Waals surface area contributed by atoms with Crippen LogP contribution in [0.5, 0.6) is 0 Å². The van der Waals surface area contributed by atoms with Gasteiger partial charge in [0.1, 0.15) is 11.6 Å². The first kappa shape index (κ1) is 11.3. The number of carbonyl (C=O) groups is 1. The van der Waals surface area contributed by atoms with Crippen molar-refractivity contribution in [3.8, 4) is 0 Å². The molecule has 0 radical (unpaired) electrons. The molecule has 2 heterocycles. The van der Waals surface area contributed by atoms with E-state index in [-0.39, 0.29) is 5.92 Å². The number of nitrogens with zero attached hydrogens (tertiary/aromatic N) is 2. The molecule has 0 spiro atoms. The molecule has 2 unspecified atom stereocenters. The van der Waals surface area contributed by atoms with E-state index in [9.17, 15) is 4.79 Å². The number of carbonyl (C=O) groups excluding carboxylic acids is 1. The van der Waals surface area contributed by atoms with Crippen molar-refractivity contribution in [1.29, 1.82) is 0 Å². The molecule has 0 aromatic carbocycles. The van der Waals surface area contributed by atoms with E-state index in [1.165, 1.54) is 0 Å². The summed E-state index contributed by atoms with van der Waals surface area (Å²) >= 11 is 0. The zero-order valence-electron chi connectivity index (χ0n) is 9.94. The highest BCUT2D eigenvalue weighted by molar-refractivity contribution is 5.83. The standard InChI is InChI=1S/C12H19N3O/c1-3-15-7-6-14-12(15)8-11(16)10-4-5-13-9(10)2/h6-7,9-10,13H,3-5,8H2,1-2H3. The van der Waals surface area contributed by atoms with Crippen LogP contribution >= 0.6 is 0 Å². The Kier molecular flexibility index (Phi) is 3.39. The van der Waals surface area contributed by atoms with Crippen molar-refractivity contribution >= 4 is 5.78 Å². The number of rotatable bonds is 4. The largest absolute Gasteiger partial charge is 0.335 e. The number of ketones is 1. The molecular weight excluding hydrogens is 202 g/mol. The molecule has 0 saturated carbocycles. The van der Waals surface area contributed by atoms with Crippen LogP contribution in [0.1, 0.15) is 26.1 Å². The summed E-state index contributed by atoms with van der Waals surface area (Å²) < 4.78 is 2.03. The molecule has 1 aromatic heterocycles. The van der Waals surface area contributed by atoms with Gasteiger partial charge in [-0.2, -0.15) is 0 Å². The normalized spacial score (nSPS) is 24.9. The lowest BCUT2D eigenvalue weighted by atomic mass is 9.95.